The molecule has 0 aromatic heterocycles. The summed E-state index contributed by atoms with van der Waals surface area (Å²) in [5, 5.41) is 8.76. The summed E-state index contributed by atoms with van der Waals surface area (Å²) in [5.74, 6) is 0.159. The van der Waals surface area contributed by atoms with E-state index in [1.54, 1.807) is 18.2 Å². The zero-order valence-electron chi connectivity index (χ0n) is 4.96. The number of phenols is 1. The van der Waals surface area contributed by atoms with Crippen LogP contribution in [-0.2, 0) is 6.54 Å². The third-order valence-corrected chi connectivity index (χ3v) is 1.10. The van der Waals surface area contributed by atoms with Crippen LogP contribution in [0.25, 0.3) is 0 Å². The number of hydrogen-bond acceptors (Lipinski definition) is 2. The highest BCUT2D eigenvalue weighted by Crippen LogP contribution is 2.07. The molecule has 0 atom stereocenters. The molecule has 0 heterocycles. The van der Waals surface area contributed by atoms with Crippen molar-refractivity contribution in [2.75, 3.05) is 0 Å². The van der Waals surface area contributed by atoms with Crippen molar-refractivity contribution >= 4 is 0 Å². The van der Waals surface area contributed by atoms with Crippen molar-refractivity contribution in [2.24, 2.45) is 5.73 Å². The van der Waals surface area contributed by atoms with E-state index in [0.717, 1.165) is 5.56 Å². The Labute approximate surface area is 53.9 Å². The van der Waals surface area contributed by atoms with E-state index < -0.39 is 0 Å². The number of hydrogen-bond donors (Lipinski definition) is 2. The molecule has 2 heteroatoms. The smallest absolute Gasteiger partial charge is 0.123 e. The molecule has 0 aliphatic rings. The molecular formula is C7H8NO. The minimum absolute atomic E-state index is 0.159. The van der Waals surface area contributed by atoms with Crippen LogP contribution in [0.5, 0.6) is 5.75 Å². The maximum atomic E-state index is 8.76. The summed E-state index contributed by atoms with van der Waals surface area (Å²) in [4.78, 5) is 0. The average Bonchev–Trinajstić information content (AvgIpc) is 1.90. The van der Waals surface area contributed by atoms with E-state index in [1.807, 2.05) is 0 Å². The van der Waals surface area contributed by atoms with Crippen molar-refractivity contribution in [2.45, 2.75) is 6.54 Å². The van der Waals surface area contributed by atoms with Crippen molar-refractivity contribution in [3.8, 4) is 5.75 Å². The van der Waals surface area contributed by atoms with Crippen LogP contribution in [0.3, 0.4) is 0 Å². The lowest BCUT2D eigenvalue weighted by atomic mass is 10.2. The number of benzene rings is 1. The van der Waals surface area contributed by atoms with Gasteiger partial charge in [-0.3, -0.25) is 0 Å². The molecule has 2 nitrogen and oxygen atoms in total. The van der Waals surface area contributed by atoms with E-state index in [-0.39, 0.29) is 5.75 Å². The van der Waals surface area contributed by atoms with Crippen LogP contribution in [-0.4, -0.2) is 5.11 Å². The molecule has 9 heavy (non-hydrogen) atoms. The van der Waals surface area contributed by atoms with Crippen LogP contribution in [0.1, 0.15) is 5.56 Å². The van der Waals surface area contributed by atoms with Gasteiger partial charge in [-0.05, 0) is 17.7 Å². The van der Waals surface area contributed by atoms with Crippen molar-refractivity contribution in [3.05, 3.63) is 29.8 Å². The van der Waals surface area contributed by atoms with Gasteiger partial charge < -0.3 is 10.8 Å². The van der Waals surface area contributed by atoms with Crippen LogP contribution >= 0.6 is 0 Å². The van der Waals surface area contributed by atoms with Gasteiger partial charge >= 0.3 is 0 Å². The monoisotopic (exact) mass is 122 g/mol. The van der Waals surface area contributed by atoms with Crippen molar-refractivity contribution in [1.82, 2.24) is 0 Å². The number of nitrogens with two attached hydrogens (primary N) is 1. The standard InChI is InChI=1S/C7H8NO/c8-5-6-1-3-7(9)4-2-6/h1-3,9H,5,8H2. The van der Waals surface area contributed by atoms with E-state index >= 15 is 0 Å². The highest BCUT2D eigenvalue weighted by Gasteiger charge is 1.87. The third kappa shape index (κ3) is 1.44. The van der Waals surface area contributed by atoms with E-state index in [0.29, 0.717) is 6.54 Å². The highest BCUT2D eigenvalue weighted by atomic mass is 16.3. The quantitative estimate of drug-likeness (QED) is 0.574. The topological polar surface area (TPSA) is 46.2 Å². The van der Waals surface area contributed by atoms with Crippen molar-refractivity contribution < 1.29 is 5.11 Å². The Morgan fingerprint density at radius 2 is 2.33 bits per heavy atom. The Kier molecular flexibility index (Phi) is 1.70. The maximum absolute atomic E-state index is 8.76. The Hall–Kier alpha value is -1.02. The molecule has 1 rings (SSSR count). The first-order chi connectivity index (χ1) is 4.33. The van der Waals surface area contributed by atoms with Gasteiger partial charge in [0.15, 0.2) is 0 Å². The van der Waals surface area contributed by atoms with Crippen LogP contribution < -0.4 is 5.73 Å². The minimum atomic E-state index is 0.159. The SMILES string of the molecule is NCc1c[c]c(O)cc1. The van der Waals surface area contributed by atoms with Gasteiger partial charge in [0.2, 0.25) is 0 Å². The van der Waals surface area contributed by atoms with Gasteiger partial charge in [-0.1, -0.05) is 6.07 Å². The van der Waals surface area contributed by atoms with Crippen LogP contribution in [0.15, 0.2) is 18.2 Å². The molecule has 0 saturated heterocycles. The molecule has 0 aliphatic carbocycles. The number of aromatic hydroxyl groups is 1. The second-order valence-electron chi connectivity index (χ2n) is 1.79. The van der Waals surface area contributed by atoms with E-state index in [2.05, 4.69) is 6.07 Å². The highest BCUT2D eigenvalue weighted by molar-refractivity contribution is 5.24. The predicted octanol–water partition coefficient (Wildman–Crippen LogP) is 0.651. The summed E-state index contributed by atoms with van der Waals surface area (Å²) in [5.41, 5.74) is 6.28. The Balaban J connectivity index is 2.88. The first-order valence-corrected chi connectivity index (χ1v) is 2.72. The number of rotatable bonds is 1. The minimum Gasteiger partial charge on any atom is -0.507 e. The van der Waals surface area contributed by atoms with Gasteiger partial charge in [-0.2, -0.15) is 0 Å². The normalized spacial score (nSPS) is 9.44. The molecule has 0 saturated carbocycles. The van der Waals surface area contributed by atoms with Gasteiger partial charge in [-0.25, -0.2) is 0 Å². The van der Waals surface area contributed by atoms with Crippen LogP contribution in [0.2, 0.25) is 0 Å². The first-order valence-electron chi connectivity index (χ1n) is 2.72. The van der Waals surface area contributed by atoms with Gasteiger partial charge in [0, 0.05) is 12.6 Å². The molecule has 0 aliphatic heterocycles. The van der Waals surface area contributed by atoms with Crippen molar-refractivity contribution in [1.29, 1.82) is 0 Å². The second-order valence-corrected chi connectivity index (χ2v) is 1.79. The Bertz CT molecular complexity index is 181. The molecule has 1 aromatic rings. The summed E-state index contributed by atoms with van der Waals surface area (Å²) < 4.78 is 0. The Morgan fingerprint density at radius 3 is 2.78 bits per heavy atom. The molecule has 0 bridgehead atoms. The zero-order chi connectivity index (χ0) is 6.69. The largest absolute Gasteiger partial charge is 0.507 e. The molecule has 0 unspecified atom stereocenters. The molecule has 3 N–H and O–H groups in total. The predicted molar refractivity (Wildman–Crippen MR) is 34.8 cm³/mol. The van der Waals surface area contributed by atoms with E-state index in [9.17, 15) is 0 Å². The molecular weight excluding hydrogens is 114 g/mol. The van der Waals surface area contributed by atoms with Gasteiger partial charge in [-0.15, -0.1) is 0 Å². The molecule has 1 aromatic carbocycles. The summed E-state index contributed by atoms with van der Waals surface area (Å²) in [6.07, 6.45) is 0. The van der Waals surface area contributed by atoms with E-state index in [1.165, 1.54) is 0 Å². The molecule has 1 radical (unpaired) electrons. The van der Waals surface area contributed by atoms with Crippen molar-refractivity contribution in [3.63, 3.8) is 0 Å². The molecule has 0 spiro atoms. The fourth-order valence-corrected chi connectivity index (χ4v) is 0.576. The van der Waals surface area contributed by atoms with Crippen LogP contribution in [0, 0.1) is 6.07 Å². The lowest BCUT2D eigenvalue weighted by molar-refractivity contribution is 0.474. The fourth-order valence-electron chi connectivity index (χ4n) is 0.576. The molecule has 47 valence electrons. The van der Waals surface area contributed by atoms with Gasteiger partial charge in [0.1, 0.15) is 5.75 Å². The van der Waals surface area contributed by atoms with Gasteiger partial charge in [0.25, 0.3) is 0 Å². The van der Waals surface area contributed by atoms with Gasteiger partial charge in [0.05, 0.1) is 0 Å². The molecule has 0 amide bonds. The summed E-state index contributed by atoms with van der Waals surface area (Å²) in [7, 11) is 0. The summed E-state index contributed by atoms with van der Waals surface area (Å²) >= 11 is 0. The summed E-state index contributed by atoms with van der Waals surface area (Å²) in [6, 6.07) is 7.64. The maximum Gasteiger partial charge on any atom is 0.123 e. The van der Waals surface area contributed by atoms with E-state index in [4.69, 9.17) is 10.8 Å². The molecule has 0 fully saturated rings. The van der Waals surface area contributed by atoms with Crippen LogP contribution in [0.4, 0.5) is 0 Å². The third-order valence-electron chi connectivity index (χ3n) is 1.10. The second kappa shape index (κ2) is 2.51. The zero-order valence-corrected chi connectivity index (χ0v) is 4.96. The Morgan fingerprint density at radius 1 is 1.56 bits per heavy atom. The summed E-state index contributed by atoms with van der Waals surface area (Å²) in [6.45, 7) is 0.497. The lowest BCUT2D eigenvalue weighted by Gasteiger charge is -1.93. The number of phenolic OH excluding ortho intramolecular Hbond substituents is 1. The average molecular weight is 122 g/mol. The lowest BCUT2D eigenvalue weighted by Crippen LogP contribution is -1.94. The fraction of sp³-hybridized carbons (Fsp3) is 0.143. The first kappa shape index (κ1) is 6.11.